The molecule has 57 heavy (non-hydrogen) atoms. The Morgan fingerprint density at radius 1 is 1.05 bits per heavy atom. The van der Waals surface area contributed by atoms with Gasteiger partial charge in [0.15, 0.2) is 5.78 Å². The molecule has 2 N–H and O–H groups in total. The van der Waals surface area contributed by atoms with Gasteiger partial charge in [-0.15, -0.1) is 11.3 Å². The Bertz CT molecular complexity index is 2400. The number of ketones is 1. The van der Waals surface area contributed by atoms with Crippen molar-refractivity contribution < 1.29 is 41.5 Å². The van der Waals surface area contributed by atoms with Gasteiger partial charge in [-0.2, -0.15) is 0 Å². The van der Waals surface area contributed by atoms with Crippen LogP contribution < -0.4 is 19.5 Å². The van der Waals surface area contributed by atoms with Crippen molar-refractivity contribution in [1.29, 1.82) is 0 Å². The number of hydrogen-bond donors (Lipinski definition) is 2. The molecule has 1 saturated heterocycles. The summed E-state index contributed by atoms with van der Waals surface area (Å²) in [6.07, 6.45) is 8.67. The molecule has 0 unspecified atom stereocenters. The molecule has 2 aromatic heterocycles. The van der Waals surface area contributed by atoms with Gasteiger partial charge in [0.2, 0.25) is 27.7 Å². The lowest BCUT2D eigenvalue weighted by Crippen LogP contribution is -2.52. The summed E-state index contributed by atoms with van der Waals surface area (Å²) in [6.45, 7) is 1.55. The summed E-state index contributed by atoms with van der Waals surface area (Å²) in [5, 5.41) is 4.65. The van der Waals surface area contributed by atoms with Gasteiger partial charge >= 0.3 is 0 Å². The van der Waals surface area contributed by atoms with Gasteiger partial charge in [-0.1, -0.05) is 25.0 Å². The molecule has 300 valence electrons. The van der Waals surface area contributed by atoms with Gasteiger partial charge in [0.25, 0.3) is 5.91 Å². The zero-order chi connectivity index (χ0) is 40.1. The first-order valence-corrected chi connectivity index (χ1v) is 21.7. The minimum absolute atomic E-state index is 0.0369. The van der Waals surface area contributed by atoms with Crippen LogP contribution in [0.3, 0.4) is 0 Å². The summed E-state index contributed by atoms with van der Waals surface area (Å²) in [6, 6.07) is 7.51. The quantitative estimate of drug-likeness (QED) is 0.168. The molecule has 2 aliphatic carbocycles. The number of aromatic nitrogens is 2. The Morgan fingerprint density at radius 2 is 1.86 bits per heavy atom. The zero-order valence-corrected chi connectivity index (χ0v) is 33.3. The Morgan fingerprint density at radius 3 is 2.61 bits per heavy atom. The number of rotatable bonds is 8. The van der Waals surface area contributed by atoms with Gasteiger partial charge in [0, 0.05) is 29.7 Å². The first kappa shape index (κ1) is 38.9. The van der Waals surface area contributed by atoms with E-state index in [-0.39, 0.29) is 37.6 Å². The highest BCUT2D eigenvalue weighted by molar-refractivity contribution is 7.91. The normalized spacial score (nSPS) is 26.8. The van der Waals surface area contributed by atoms with Crippen LogP contribution in [0.1, 0.15) is 80.8 Å². The number of ether oxygens (including phenoxy) is 2. The number of Topliss-reactive ketones (excluding diaryl/α,β-unsaturated/α-hetero) is 1. The van der Waals surface area contributed by atoms with Gasteiger partial charge in [-0.25, -0.2) is 17.8 Å². The molecule has 2 aliphatic heterocycles. The number of pyridine rings is 1. The van der Waals surface area contributed by atoms with E-state index in [1.807, 2.05) is 12.2 Å². The Kier molecular flexibility index (Phi) is 10.3. The van der Waals surface area contributed by atoms with Gasteiger partial charge in [0.05, 0.1) is 47.1 Å². The second kappa shape index (κ2) is 15.1. The summed E-state index contributed by atoms with van der Waals surface area (Å²) in [4.78, 5) is 67.1. The summed E-state index contributed by atoms with van der Waals surface area (Å²) in [7, 11) is -2.45. The van der Waals surface area contributed by atoms with Gasteiger partial charge in [-0.05, 0) is 87.1 Å². The molecular weight excluding hydrogens is 774 g/mol. The fraction of sp³-hybridized carbons (Fsp3) is 0.463. The number of methoxy groups -OCH3 is 1. The molecule has 16 heteroatoms. The van der Waals surface area contributed by atoms with Crippen molar-refractivity contribution in [2.24, 2.45) is 11.3 Å². The van der Waals surface area contributed by atoms with Crippen molar-refractivity contribution in [3.8, 4) is 11.6 Å². The number of sulfonamides is 1. The van der Waals surface area contributed by atoms with Crippen LogP contribution in [-0.2, 0) is 24.4 Å². The van der Waals surface area contributed by atoms with Crippen molar-refractivity contribution in [3.05, 3.63) is 71.0 Å². The van der Waals surface area contributed by atoms with Gasteiger partial charge < -0.3 is 19.7 Å². The SMILES string of the molecule is COc1ccc2c(c1)nc(O[C@@H]1C[C@H]3C(=O)C[C@]4(C(=O)NS(=O)(=O)C5(C)CC5)C[C@H]4/C=C\CCCCC[C@H](NC(=O)c4cncs4)C(=O)N3C1)c1ccc(F)cc12. The average molecular weight is 818 g/mol. The highest BCUT2D eigenvalue weighted by atomic mass is 32.2. The van der Waals surface area contributed by atoms with Crippen LogP contribution in [0.5, 0.6) is 11.6 Å². The number of benzene rings is 2. The van der Waals surface area contributed by atoms with Crippen molar-refractivity contribution in [1.82, 2.24) is 24.9 Å². The molecule has 4 aromatic rings. The number of carbonyl (C=O) groups is 4. The van der Waals surface area contributed by atoms with Crippen LogP contribution in [-0.4, -0.2) is 83.4 Å². The first-order valence-electron chi connectivity index (χ1n) is 19.3. The van der Waals surface area contributed by atoms with Crippen molar-refractivity contribution in [2.45, 2.75) is 94.1 Å². The number of nitrogens with one attached hydrogen (secondary N) is 2. The highest BCUT2D eigenvalue weighted by Gasteiger charge is 2.62. The molecule has 2 aromatic carbocycles. The molecule has 13 nitrogen and oxygen atoms in total. The third-order valence-electron chi connectivity index (χ3n) is 12.0. The smallest absolute Gasteiger partial charge is 0.263 e. The first-order chi connectivity index (χ1) is 27.3. The van der Waals surface area contributed by atoms with Crippen LogP contribution >= 0.6 is 11.3 Å². The zero-order valence-electron chi connectivity index (χ0n) is 31.7. The largest absolute Gasteiger partial charge is 0.497 e. The number of allylic oxidation sites excluding steroid dienone is 2. The summed E-state index contributed by atoms with van der Waals surface area (Å²) in [5.41, 5.74) is 0.711. The molecule has 0 spiro atoms. The van der Waals surface area contributed by atoms with E-state index in [1.165, 1.54) is 35.8 Å². The van der Waals surface area contributed by atoms with E-state index in [9.17, 15) is 32.0 Å². The van der Waals surface area contributed by atoms with E-state index in [1.54, 1.807) is 31.2 Å². The Hall–Kier alpha value is -4.96. The van der Waals surface area contributed by atoms with E-state index in [2.05, 4.69) is 15.0 Å². The minimum atomic E-state index is -3.98. The second-order valence-corrected chi connectivity index (χ2v) is 19.0. The molecule has 8 rings (SSSR count). The number of fused-ring (bicyclic) bond motifs is 5. The Labute approximate surface area is 333 Å². The molecule has 3 fully saturated rings. The Balaban J connectivity index is 1.14. The monoisotopic (exact) mass is 817 g/mol. The predicted octanol–water partition coefficient (Wildman–Crippen LogP) is 5.62. The maximum absolute atomic E-state index is 14.7. The van der Waals surface area contributed by atoms with Crippen LogP contribution in [0, 0.1) is 17.2 Å². The number of nitrogens with zero attached hydrogens (tertiary/aromatic N) is 3. The number of hydrogen-bond acceptors (Lipinski definition) is 11. The third kappa shape index (κ3) is 7.61. The minimum Gasteiger partial charge on any atom is -0.497 e. The van der Waals surface area contributed by atoms with Crippen LogP contribution in [0.2, 0.25) is 0 Å². The lowest BCUT2D eigenvalue weighted by atomic mass is 9.91. The number of thiazole rings is 1. The molecular formula is C41H44FN5O8S2. The topological polar surface area (TPSA) is 174 Å². The van der Waals surface area contributed by atoms with Crippen LogP contribution in [0.4, 0.5) is 4.39 Å². The standard InChI is InChI=1S/C41H44FN5O8S2/c1-40(14-15-40)57(52,53)46-39(51)41-19-24(41)8-6-4-3-5-7-9-31(44-36(49)35-21-43-23-56-35)38(50)47-22-27(18-33(47)34(48)20-41)55-37-29-12-10-25(42)16-30(29)28-13-11-26(54-2)17-32(28)45-37/h6,8,10-13,16-17,21,23-24,27,31,33H,3-5,7,9,14-15,18-20,22H2,1-2H3,(H,44,49)(H,46,51)/b8-6-/t24-,27-,31+,33+,41-/m1/s1. The maximum Gasteiger partial charge on any atom is 0.263 e. The summed E-state index contributed by atoms with van der Waals surface area (Å²) in [5.74, 6) is -2.14. The highest BCUT2D eigenvalue weighted by Crippen LogP contribution is 2.57. The number of amides is 3. The lowest BCUT2D eigenvalue weighted by Gasteiger charge is -2.29. The molecule has 0 radical (unpaired) electrons. The number of carbonyl (C=O) groups excluding carboxylic acids is 4. The summed E-state index contributed by atoms with van der Waals surface area (Å²) >= 11 is 1.14. The molecule has 5 atom stereocenters. The predicted molar refractivity (Wildman–Crippen MR) is 211 cm³/mol. The van der Waals surface area contributed by atoms with E-state index in [0.717, 1.165) is 24.2 Å². The van der Waals surface area contributed by atoms with E-state index in [0.29, 0.717) is 64.4 Å². The molecule has 4 heterocycles. The van der Waals surface area contributed by atoms with Crippen molar-refractivity contribution >= 4 is 66.5 Å². The van der Waals surface area contributed by atoms with Crippen LogP contribution in [0.15, 0.2) is 60.3 Å². The second-order valence-electron chi connectivity index (χ2n) is 15.9. The van der Waals surface area contributed by atoms with Crippen LogP contribution in [0.25, 0.3) is 21.7 Å². The van der Waals surface area contributed by atoms with Crippen molar-refractivity contribution in [2.75, 3.05) is 13.7 Å². The molecule has 0 bridgehead atoms. The summed E-state index contributed by atoms with van der Waals surface area (Å²) < 4.78 is 54.3. The molecule has 2 saturated carbocycles. The average Bonchev–Trinajstić information content (AvgIpc) is 3.93. The number of halogens is 1. The molecule has 3 amide bonds. The third-order valence-corrected chi connectivity index (χ3v) is 15.0. The lowest BCUT2D eigenvalue weighted by molar-refractivity contribution is -0.140. The van der Waals surface area contributed by atoms with Gasteiger partial charge in [-0.3, -0.25) is 28.9 Å². The van der Waals surface area contributed by atoms with E-state index >= 15 is 0 Å². The van der Waals surface area contributed by atoms with Gasteiger partial charge in [0.1, 0.15) is 28.6 Å². The van der Waals surface area contributed by atoms with E-state index < -0.39 is 67.7 Å². The molecule has 4 aliphatic rings. The fourth-order valence-electron chi connectivity index (χ4n) is 8.15. The fourth-order valence-corrected chi connectivity index (χ4v) is 10.0. The van der Waals surface area contributed by atoms with Crippen molar-refractivity contribution in [3.63, 3.8) is 0 Å². The maximum atomic E-state index is 14.7. The van der Waals surface area contributed by atoms with E-state index in [4.69, 9.17) is 14.5 Å².